The Morgan fingerprint density at radius 1 is 1.10 bits per heavy atom. The molecule has 1 aromatic carbocycles. The molecule has 0 unspecified atom stereocenters. The van der Waals surface area contributed by atoms with Gasteiger partial charge < -0.3 is 10.1 Å². The summed E-state index contributed by atoms with van der Waals surface area (Å²) >= 11 is 0. The molecule has 0 aliphatic rings. The molecule has 0 radical (unpaired) electrons. The van der Waals surface area contributed by atoms with E-state index in [4.69, 9.17) is 4.74 Å². The van der Waals surface area contributed by atoms with Gasteiger partial charge >= 0.3 is 0 Å². The topological polar surface area (TPSA) is 24.5 Å². The van der Waals surface area contributed by atoms with Crippen molar-refractivity contribution in [2.24, 2.45) is 0 Å². The standard InChI is InChI=1S/C18H32N2O/c1-5-11-19-12-10-17-6-8-18(9-7-17)15-20(4)13-14-21-16(2)3/h6-9,16,19H,5,10-15H2,1-4H3. The minimum Gasteiger partial charge on any atom is -0.377 e. The third kappa shape index (κ3) is 8.86. The van der Waals surface area contributed by atoms with Crippen LogP contribution in [0.1, 0.15) is 38.3 Å². The minimum atomic E-state index is 0.319. The Morgan fingerprint density at radius 2 is 1.76 bits per heavy atom. The first kappa shape index (κ1) is 18.1. The quantitative estimate of drug-likeness (QED) is 0.634. The molecule has 0 spiro atoms. The average molecular weight is 292 g/mol. The number of benzene rings is 1. The Morgan fingerprint density at radius 3 is 2.38 bits per heavy atom. The molecule has 0 aromatic heterocycles. The normalized spacial score (nSPS) is 11.5. The van der Waals surface area contributed by atoms with Crippen LogP contribution < -0.4 is 5.32 Å². The van der Waals surface area contributed by atoms with Gasteiger partial charge in [-0.1, -0.05) is 31.2 Å². The fourth-order valence-electron chi connectivity index (χ4n) is 2.18. The van der Waals surface area contributed by atoms with Gasteiger partial charge in [0, 0.05) is 13.1 Å². The van der Waals surface area contributed by atoms with Gasteiger partial charge in [0.1, 0.15) is 0 Å². The van der Waals surface area contributed by atoms with Crippen LogP contribution in [0.25, 0.3) is 0 Å². The Balaban J connectivity index is 2.26. The van der Waals surface area contributed by atoms with Crippen molar-refractivity contribution in [1.29, 1.82) is 0 Å². The van der Waals surface area contributed by atoms with Crippen LogP contribution in [0.15, 0.2) is 24.3 Å². The number of hydrogen-bond acceptors (Lipinski definition) is 3. The van der Waals surface area contributed by atoms with Crippen LogP contribution >= 0.6 is 0 Å². The van der Waals surface area contributed by atoms with Crippen LogP contribution in [0.5, 0.6) is 0 Å². The summed E-state index contributed by atoms with van der Waals surface area (Å²) in [5, 5.41) is 3.44. The molecule has 1 rings (SSSR count). The van der Waals surface area contributed by atoms with E-state index in [-0.39, 0.29) is 0 Å². The third-order valence-corrected chi connectivity index (χ3v) is 3.42. The van der Waals surface area contributed by atoms with Crippen LogP contribution in [0.2, 0.25) is 0 Å². The smallest absolute Gasteiger partial charge is 0.0596 e. The molecule has 0 saturated carbocycles. The molecule has 1 aromatic rings. The van der Waals surface area contributed by atoms with E-state index in [1.54, 1.807) is 0 Å². The van der Waals surface area contributed by atoms with Crippen molar-refractivity contribution in [2.75, 3.05) is 33.3 Å². The molecule has 0 aliphatic carbocycles. The third-order valence-electron chi connectivity index (χ3n) is 3.42. The van der Waals surface area contributed by atoms with E-state index in [9.17, 15) is 0 Å². The maximum Gasteiger partial charge on any atom is 0.0596 e. The van der Waals surface area contributed by atoms with Crippen molar-refractivity contribution in [1.82, 2.24) is 10.2 Å². The Kier molecular flexibility index (Phi) is 9.31. The maximum absolute atomic E-state index is 5.58. The van der Waals surface area contributed by atoms with Gasteiger partial charge in [-0.3, -0.25) is 4.90 Å². The number of likely N-dealkylation sites (N-methyl/N-ethyl adjacent to an activating group) is 1. The summed E-state index contributed by atoms with van der Waals surface area (Å²) in [5.41, 5.74) is 2.78. The lowest BCUT2D eigenvalue weighted by molar-refractivity contribution is 0.0627. The lowest BCUT2D eigenvalue weighted by Crippen LogP contribution is -2.24. The molecule has 0 saturated heterocycles. The molecule has 0 fully saturated rings. The number of ether oxygens (including phenoxy) is 1. The van der Waals surface area contributed by atoms with E-state index < -0.39 is 0 Å². The van der Waals surface area contributed by atoms with E-state index in [1.807, 2.05) is 0 Å². The van der Waals surface area contributed by atoms with Gasteiger partial charge in [-0.25, -0.2) is 0 Å². The lowest BCUT2D eigenvalue weighted by atomic mass is 10.1. The maximum atomic E-state index is 5.58. The van der Waals surface area contributed by atoms with Gasteiger partial charge in [0.2, 0.25) is 0 Å². The number of nitrogens with one attached hydrogen (secondary N) is 1. The highest BCUT2D eigenvalue weighted by molar-refractivity contribution is 5.22. The SMILES string of the molecule is CCCNCCc1ccc(CN(C)CCOC(C)C)cc1. The molecule has 3 heteroatoms. The summed E-state index contributed by atoms with van der Waals surface area (Å²) < 4.78 is 5.58. The van der Waals surface area contributed by atoms with Crippen LogP contribution in [0.4, 0.5) is 0 Å². The summed E-state index contributed by atoms with van der Waals surface area (Å²) in [6, 6.07) is 8.99. The zero-order valence-corrected chi connectivity index (χ0v) is 14.2. The first-order chi connectivity index (χ1) is 10.1. The van der Waals surface area contributed by atoms with E-state index in [0.717, 1.165) is 39.2 Å². The summed E-state index contributed by atoms with van der Waals surface area (Å²) in [5.74, 6) is 0. The molecular weight excluding hydrogens is 260 g/mol. The second-order valence-corrected chi connectivity index (χ2v) is 5.97. The molecule has 0 aliphatic heterocycles. The van der Waals surface area contributed by atoms with Crippen molar-refractivity contribution in [3.63, 3.8) is 0 Å². The van der Waals surface area contributed by atoms with Crippen LogP contribution in [0, 0.1) is 0 Å². The van der Waals surface area contributed by atoms with Crippen molar-refractivity contribution >= 4 is 0 Å². The summed E-state index contributed by atoms with van der Waals surface area (Å²) in [4.78, 5) is 2.31. The fraction of sp³-hybridized carbons (Fsp3) is 0.667. The van der Waals surface area contributed by atoms with Crippen molar-refractivity contribution in [2.45, 2.75) is 46.3 Å². The monoisotopic (exact) mass is 292 g/mol. The van der Waals surface area contributed by atoms with Crippen LogP contribution in [-0.2, 0) is 17.7 Å². The number of rotatable bonds is 11. The highest BCUT2D eigenvalue weighted by Gasteiger charge is 2.02. The molecule has 1 N–H and O–H groups in total. The zero-order chi connectivity index (χ0) is 15.5. The van der Waals surface area contributed by atoms with E-state index in [1.165, 1.54) is 17.5 Å². The van der Waals surface area contributed by atoms with E-state index >= 15 is 0 Å². The molecule has 0 amide bonds. The highest BCUT2D eigenvalue weighted by Crippen LogP contribution is 2.07. The lowest BCUT2D eigenvalue weighted by Gasteiger charge is -2.18. The van der Waals surface area contributed by atoms with Gasteiger partial charge in [0.05, 0.1) is 12.7 Å². The van der Waals surface area contributed by atoms with Gasteiger partial charge in [-0.05, 0) is 58.0 Å². The zero-order valence-electron chi connectivity index (χ0n) is 14.2. The van der Waals surface area contributed by atoms with Gasteiger partial charge in [0.25, 0.3) is 0 Å². The Labute approximate surface area is 130 Å². The minimum absolute atomic E-state index is 0.319. The van der Waals surface area contributed by atoms with Crippen LogP contribution in [-0.4, -0.2) is 44.3 Å². The van der Waals surface area contributed by atoms with Crippen LogP contribution in [0.3, 0.4) is 0 Å². The molecule has 0 bridgehead atoms. The number of hydrogen-bond donors (Lipinski definition) is 1. The average Bonchev–Trinajstić information content (AvgIpc) is 2.45. The molecule has 3 nitrogen and oxygen atoms in total. The Hall–Kier alpha value is -0.900. The largest absolute Gasteiger partial charge is 0.377 e. The van der Waals surface area contributed by atoms with Gasteiger partial charge in [-0.2, -0.15) is 0 Å². The fourth-order valence-corrected chi connectivity index (χ4v) is 2.18. The second kappa shape index (κ2) is 10.8. The highest BCUT2D eigenvalue weighted by atomic mass is 16.5. The van der Waals surface area contributed by atoms with Crippen molar-refractivity contribution < 1.29 is 4.74 Å². The first-order valence-electron chi connectivity index (χ1n) is 8.20. The van der Waals surface area contributed by atoms with Crippen molar-refractivity contribution in [3.05, 3.63) is 35.4 Å². The first-order valence-corrected chi connectivity index (χ1v) is 8.20. The predicted octanol–water partition coefficient (Wildman–Crippen LogP) is 3.09. The molecule has 120 valence electrons. The Bertz CT molecular complexity index is 362. The summed E-state index contributed by atoms with van der Waals surface area (Å²) in [6.07, 6.45) is 2.63. The number of nitrogens with zero attached hydrogens (tertiary/aromatic N) is 1. The van der Waals surface area contributed by atoms with E-state index in [2.05, 4.69) is 62.3 Å². The molecular formula is C18H32N2O. The summed E-state index contributed by atoms with van der Waals surface area (Å²) in [7, 11) is 2.15. The van der Waals surface area contributed by atoms with E-state index in [0.29, 0.717) is 6.10 Å². The van der Waals surface area contributed by atoms with Crippen molar-refractivity contribution in [3.8, 4) is 0 Å². The second-order valence-electron chi connectivity index (χ2n) is 5.97. The van der Waals surface area contributed by atoms with Gasteiger partial charge in [-0.15, -0.1) is 0 Å². The molecule has 21 heavy (non-hydrogen) atoms. The summed E-state index contributed by atoms with van der Waals surface area (Å²) in [6.45, 7) is 11.3. The molecule has 0 atom stereocenters. The predicted molar refractivity (Wildman–Crippen MR) is 90.7 cm³/mol. The molecule has 0 heterocycles. The van der Waals surface area contributed by atoms with Gasteiger partial charge in [0.15, 0.2) is 0 Å².